The van der Waals surface area contributed by atoms with Gasteiger partial charge in [0.2, 0.25) is 0 Å². The van der Waals surface area contributed by atoms with Gasteiger partial charge in [0.1, 0.15) is 0 Å². The quantitative estimate of drug-likeness (QED) is 0.0967. The summed E-state index contributed by atoms with van der Waals surface area (Å²) >= 11 is 0. The van der Waals surface area contributed by atoms with E-state index in [4.69, 9.17) is 0 Å². The van der Waals surface area contributed by atoms with Gasteiger partial charge in [-0.2, -0.15) is 0 Å². The summed E-state index contributed by atoms with van der Waals surface area (Å²) in [5.41, 5.74) is 0. The second-order valence-corrected chi connectivity index (χ2v) is 9.53. The van der Waals surface area contributed by atoms with Crippen molar-refractivity contribution in [2.24, 2.45) is 0 Å². The van der Waals surface area contributed by atoms with Crippen LogP contribution >= 0.6 is 0 Å². The SMILES string of the molecule is [CH2]CCCCCCCCCCC/C=C/CCCCCCCCCCCCCCC[CH2]. The Kier molecular flexibility index (Phi) is 28.5. The molecule has 0 rings (SSSR count). The van der Waals surface area contributed by atoms with Crippen LogP contribution in [0.5, 0.6) is 0 Å². The van der Waals surface area contributed by atoms with Crippen molar-refractivity contribution in [2.75, 3.05) is 0 Å². The highest BCUT2D eigenvalue weighted by Gasteiger charge is 1.94. The lowest BCUT2D eigenvalue weighted by Crippen LogP contribution is -1.83. The van der Waals surface area contributed by atoms with E-state index < -0.39 is 0 Å². The molecular weight excluding hydrogens is 360 g/mol. The molecule has 0 nitrogen and oxygen atoms in total. The number of hydrogen-bond donors (Lipinski definition) is 0. The first kappa shape index (κ1) is 29.7. The Morgan fingerprint density at radius 3 is 0.700 bits per heavy atom. The number of rotatable bonds is 26. The summed E-state index contributed by atoms with van der Waals surface area (Å²) in [5, 5.41) is 0. The van der Waals surface area contributed by atoms with Crippen molar-refractivity contribution in [3.63, 3.8) is 0 Å². The smallest absolute Gasteiger partial charge is 0.0351 e. The van der Waals surface area contributed by atoms with Gasteiger partial charge < -0.3 is 0 Å². The van der Waals surface area contributed by atoms with E-state index in [-0.39, 0.29) is 0 Å². The molecule has 0 bridgehead atoms. The molecule has 2 radical (unpaired) electrons. The van der Waals surface area contributed by atoms with E-state index in [1.54, 1.807) is 0 Å². The zero-order valence-electron chi connectivity index (χ0n) is 21.0. The standard InChI is InChI=1S/C30H58/c1-3-5-7-9-11-13-15-17-19-21-23-25-27-29-30-28-26-24-22-20-18-16-14-12-10-8-6-4-2/h25,27H,1-24,26,28-30H2/b27-25+. The molecule has 0 saturated heterocycles. The molecule has 0 aromatic heterocycles. The number of allylic oxidation sites excluding steroid dienone is 2. The molecule has 0 fully saturated rings. The topological polar surface area (TPSA) is 0 Å². The average Bonchev–Trinajstić information content (AvgIpc) is 2.76. The molecule has 0 amide bonds. The Morgan fingerprint density at radius 2 is 0.467 bits per heavy atom. The van der Waals surface area contributed by atoms with Crippen molar-refractivity contribution in [2.45, 2.75) is 167 Å². The lowest BCUT2D eigenvalue weighted by atomic mass is 10.0. The predicted octanol–water partition coefficient (Wildman–Crippen LogP) is 11.4. The van der Waals surface area contributed by atoms with Crippen molar-refractivity contribution in [1.82, 2.24) is 0 Å². The van der Waals surface area contributed by atoms with Gasteiger partial charge in [-0.25, -0.2) is 0 Å². The van der Waals surface area contributed by atoms with E-state index in [1.807, 2.05) is 0 Å². The molecule has 0 heterocycles. The predicted molar refractivity (Wildman–Crippen MR) is 140 cm³/mol. The lowest BCUT2D eigenvalue weighted by Gasteiger charge is -2.03. The third-order valence-electron chi connectivity index (χ3n) is 6.41. The molecule has 0 saturated carbocycles. The average molecular weight is 419 g/mol. The normalized spacial score (nSPS) is 11.7. The lowest BCUT2D eigenvalue weighted by molar-refractivity contribution is 0.537. The summed E-state index contributed by atoms with van der Waals surface area (Å²) in [6.07, 6.45) is 41.2. The first-order valence-corrected chi connectivity index (χ1v) is 14.1. The molecule has 178 valence electrons. The van der Waals surface area contributed by atoms with Crippen molar-refractivity contribution in [3.8, 4) is 0 Å². The van der Waals surface area contributed by atoms with Gasteiger partial charge in [-0.3, -0.25) is 0 Å². The van der Waals surface area contributed by atoms with Gasteiger partial charge in [0.15, 0.2) is 0 Å². The van der Waals surface area contributed by atoms with Crippen LogP contribution in [-0.2, 0) is 0 Å². The van der Waals surface area contributed by atoms with E-state index in [0.717, 1.165) is 12.8 Å². The minimum Gasteiger partial charge on any atom is -0.0885 e. The summed E-state index contributed by atoms with van der Waals surface area (Å²) < 4.78 is 0. The monoisotopic (exact) mass is 418 g/mol. The summed E-state index contributed by atoms with van der Waals surface area (Å²) in [5.74, 6) is 0. The van der Waals surface area contributed by atoms with E-state index >= 15 is 0 Å². The van der Waals surface area contributed by atoms with Crippen LogP contribution in [-0.4, -0.2) is 0 Å². The minimum absolute atomic E-state index is 1.12. The fraction of sp³-hybridized carbons (Fsp3) is 0.867. The Labute approximate surface area is 193 Å². The van der Waals surface area contributed by atoms with Crippen LogP contribution in [0.2, 0.25) is 0 Å². The molecule has 0 aliphatic rings. The highest BCUT2D eigenvalue weighted by atomic mass is 14.0. The molecule has 0 N–H and O–H groups in total. The van der Waals surface area contributed by atoms with Crippen LogP contribution in [0.1, 0.15) is 167 Å². The fourth-order valence-electron chi connectivity index (χ4n) is 4.30. The molecule has 0 heteroatoms. The van der Waals surface area contributed by atoms with Crippen LogP contribution in [0.4, 0.5) is 0 Å². The molecule has 0 aliphatic carbocycles. The number of hydrogen-bond acceptors (Lipinski definition) is 0. The first-order chi connectivity index (χ1) is 14.9. The van der Waals surface area contributed by atoms with Crippen LogP contribution < -0.4 is 0 Å². The Morgan fingerprint density at radius 1 is 0.267 bits per heavy atom. The van der Waals surface area contributed by atoms with Gasteiger partial charge in [0, 0.05) is 0 Å². The van der Waals surface area contributed by atoms with Gasteiger partial charge in [0.05, 0.1) is 0 Å². The summed E-state index contributed by atoms with van der Waals surface area (Å²) in [4.78, 5) is 0. The molecule has 30 heavy (non-hydrogen) atoms. The molecule has 0 unspecified atom stereocenters. The van der Waals surface area contributed by atoms with Crippen LogP contribution in [0.25, 0.3) is 0 Å². The van der Waals surface area contributed by atoms with E-state index in [9.17, 15) is 0 Å². The molecule has 0 spiro atoms. The zero-order chi connectivity index (χ0) is 21.8. The summed E-state index contributed by atoms with van der Waals surface area (Å²) in [7, 11) is 0. The molecule has 0 aliphatic heterocycles. The number of unbranched alkanes of at least 4 members (excludes halogenated alkanes) is 24. The van der Waals surface area contributed by atoms with Crippen molar-refractivity contribution >= 4 is 0 Å². The third kappa shape index (κ3) is 27.7. The first-order valence-electron chi connectivity index (χ1n) is 14.1. The minimum atomic E-state index is 1.12. The van der Waals surface area contributed by atoms with Crippen molar-refractivity contribution in [3.05, 3.63) is 26.0 Å². The van der Waals surface area contributed by atoms with Gasteiger partial charge in [0.25, 0.3) is 0 Å². The van der Waals surface area contributed by atoms with Gasteiger partial charge >= 0.3 is 0 Å². The Balaban J connectivity index is 3.05. The summed E-state index contributed by atoms with van der Waals surface area (Å²) in [6, 6.07) is 0. The second-order valence-electron chi connectivity index (χ2n) is 9.53. The van der Waals surface area contributed by atoms with E-state index in [0.29, 0.717) is 0 Å². The fourth-order valence-corrected chi connectivity index (χ4v) is 4.30. The maximum atomic E-state index is 3.91. The van der Waals surface area contributed by atoms with Crippen molar-refractivity contribution in [1.29, 1.82) is 0 Å². The van der Waals surface area contributed by atoms with Crippen molar-refractivity contribution < 1.29 is 0 Å². The van der Waals surface area contributed by atoms with Gasteiger partial charge in [-0.05, 0) is 25.7 Å². The van der Waals surface area contributed by atoms with Crippen LogP contribution in [0.3, 0.4) is 0 Å². The van der Waals surface area contributed by atoms with Crippen LogP contribution in [0, 0.1) is 13.8 Å². The second kappa shape index (κ2) is 28.7. The Bertz CT molecular complexity index is 303. The molecule has 0 atom stereocenters. The van der Waals surface area contributed by atoms with Crippen LogP contribution in [0.15, 0.2) is 12.2 Å². The highest BCUT2D eigenvalue weighted by molar-refractivity contribution is 4.81. The maximum Gasteiger partial charge on any atom is -0.0351 e. The van der Waals surface area contributed by atoms with E-state index in [2.05, 4.69) is 26.0 Å². The zero-order valence-corrected chi connectivity index (χ0v) is 21.0. The largest absolute Gasteiger partial charge is 0.0885 e. The highest BCUT2D eigenvalue weighted by Crippen LogP contribution is 2.14. The van der Waals surface area contributed by atoms with Gasteiger partial charge in [-0.1, -0.05) is 167 Å². The van der Waals surface area contributed by atoms with Gasteiger partial charge in [-0.15, -0.1) is 0 Å². The maximum absolute atomic E-state index is 3.91. The molecular formula is C30H58. The summed E-state index contributed by atoms with van der Waals surface area (Å²) in [6.45, 7) is 7.82. The van der Waals surface area contributed by atoms with E-state index in [1.165, 1.54) is 154 Å². The molecule has 0 aromatic carbocycles. The third-order valence-corrected chi connectivity index (χ3v) is 6.41. The molecule has 0 aromatic rings. The Hall–Kier alpha value is -0.260.